The highest BCUT2D eigenvalue weighted by atomic mass is 79.9. The molecule has 0 aromatic heterocycles. The minimum atomic E-state index is 0.666. The van der Waals surface area contributed by atoms with Crippen LogP contribution in [-0.2, 0) is 0 Å². The molecule has 0 aliphatic heterocycles. The Morgan fingerprint density at radius 1 is 1.09 bits per heavy atom. The van der Waals surface area contributed by atoms with Gasteiger partial charge in [-0.3, -0.25) is 0 Å². The van der Waals surface area contributed by atoms with Gasteiger partial charge in [0.2, 0.25) is 0 Å². The molecule has 0 radical (unpaired) electrons. The topological polar surface area (TPSA) is 0 Å². The summed E-state index contributed by atoms with van der Waals surface area (Å²) in [4.78, 5) is 0. The van der Waals surface area contributed by atoms with Crippen LogP contribution >= 0.6 is 15.9 Å². The van der Waals surface area contributed by atoms with Gasteiger partial charge in [-0.05, 0) is 55.3 Å². The lowest BCUT2D eigenvalue weighted by molar-refractivity contribution is 0.604. The first-order valence-corrected chi connectivity index (χ1v) is 5.69. The van der Waals surface area contributed by atoms with Gasteiger partial charge in [0, 0.05) is 4.32 Å². The molecule has 0 N–H and O–H groups in total. The summed E-state index contributed by atoms with van der Waals surface area (Å²) in [6.07, 6.45) is 9.28. The van der Waals surface area contributed by atoms with Crippen molar-refractivity contribution in [3.63, 3.8) is 0 Å². The molecule has 4 rings (SSSR count). The molecule has 0 unspecified atom stereocenters. The number of alkyl halides is 1. The quantitative estimate of drug-likeness (QED) is 0.587. The van der Waals surface area contributed by atoms with Crippen LogP contribution in [0.5, 0.6) is 0 Å². The second-order valence-electron chi connectivity index (χ2n) is 5.40. The number of fused-ring (bicyclic) bond motifs is 1. The molecule has 4 aliphatic carbocycles. The second-order valence-corrected chi connectivity index (χ2v) is 6.98. The van der Waals surface area contributed by atoms with Crippen molar-refractivity contribution in [2.75, 3.05) is 0 Å². The Kier molecular flexibility index (Phi) is 0.682. The third-order valence-corrected chi connectivity index (χ3v) is 6.21. The average Bonchev–Trinajstić information content (AvgIpc) is 2.64. The number of hydrogen-bond acceptors (Lipinski definition) is 0. The predicted molar refractivity (Wildman–Crippen MR) is 47.7 cm³/mol. The van der Waals surface area contributed by atoms with Crippen molar-refractivity contribution < 1.29 is 0 Å². The average molecular weight is 213 g/mol. The van der Waals surface area contributed by atoms with Crippen LogP contribution in [0.3, 0.4) is 0 Å². The molecule has 11 heavy (non-hydrogen) atoms. The van der Waals surface area contributed by atoms with Crippen molar-refractivity contribution in [2.24, 2.45) is 16.7 Å². The van der Waals surface area contributed by atoms with Crippen LogP contribution in [0.4, 0.5) is 0 Å². The van der Waals surface area contributed by atoms with Gasteiger partial charge in [0.05, 0.1) is 0 Å². The zero-order chi connectivity index (χ0) is 7.32. The van der Waals surface area contributed by atoms with E-state index < -0.39 is 0 Å². The van der Waals surface area contributed by atoms with Gasteiger partial charge >= 0.3 is 0 Å². The molecule has 4 saturated carbocycles. The molecule has 60 valence electrons. The van der Waals surface area contributed by atoms with E-state index in [2.05, 4.69) is 15.9 Å². The molecule has 1 heteroatoms. The fraction of sp³-hybridized carbons (Fsp3) is 1.00. The normalized spacial score (nSPS) is 58.1. The van der Waals surface area contributed by atoms with E-state index in [9.17, 15) is 0 Å². The first-order chi connectivity index (χ1) is 5.21. The summed E-state index contributed by atoms with van der Waals surface area (Å²) in [5, 5.41) is 0. The molecular formula is C10H13Br. The Balaban J connectivity index is 1.65. The van der Waals surface area contributed by atoms with Crippen molar-refractivity contribution in [3.8, 4) is 0 Å². The lowest BCUT2D eigenvalue weighted by atomic mass is 10.1. The smallest absolute Gasteiger partial charge is 0.0292 e. The van der Waals surface area contributed by atoms with Gasteiger partial charge in [-0.1, -0.05) is 15.9 Å². The molecule has 0 aromatic carbocycles. The van der Waals surface area contributed by atoms with E-state index in [4.69, 9.17) is 0 Å². The predicted octanol–water partition coefficient (Wildman–Crippen LogP) is 3.10. The Labute approximate surface area is 75.9 Å². The number of hydrogen-bond donors (Lipinski definition) is 0. The second kappa shape index (κ2) is 1.25. The molecule has 4 aliphatic rings. The molecule has 0 heterocycles. The largest absolute Gasteiger partial charge is 0.0850 e. The third kappa shape index (κ3) is 0.509. The van der Waals surface area contributed by atoms with Gasteiger partial charge in [0.15, 0.2) is 0 Å². The highest BCUT2D eigenvalue weighted by Gasteiger charge is 2.87. The van der Waals surface area contributed by atoms with E-state index in [0.717, 1.165) is 16.7 Å². The fourth-order valence-electron chi connectivity index (χ4n) is 3.62. The monoisotopic (exact) mass is 212 g/mol. The molecule has 0 saturated heterocycles. The highest BCUT2D eigenvalue weighted by Crippen LogP contribution is 2.94. The van der Waals surface area contributed by atoms with E-state index in [1.165, 1.54) is 12.8 Å². The van der Waals surface area contributed by atoms with Crippen LogP contribution in [0, 0.1) is 16.7 Å². The zero-order valence-corrected chi connectivity index (χ0v) is 8.28. The van der Waals surface area contributed by atoms with Crippen LogP contribution in [-0.4, -0.2) is 4.32 Å². The summed E-state index contributed by atoms with van der Waals surface area (Å²) in [7, 11) is 0. The van der Waals surface area contributed by atoms with Crippen LogP contribution in [0.1, 0.15) is 38.5 Å². The Hall–Kier alpha value is 0.480. The maximum absolute atomic E-state index is 3.91. The standard InChI is InChI=1S/C10H13Br/c11-10(3-4-10)7-5-9(7)6-8(9)1-2-8/h7H,1-6H2/t7-,9+/m0/s1. The fourth-order valence-corrected chi connectivity index (χ4v) is 4.42. The van der Waals surface area contributed by atoms with Gasteiger partial charge in [0.1, 0.15) is 0 Å². The first-order valence-electron chi connectivity index (χ1n) is 4.90. The van der Waals surface area contributed by atoms with Crippen LogP contribution in [0.15, 0.2) is 0 Å². The maximum Gasteiger partial charge on any atom is 0.0292 e. The SMILES string of the molecule is BrC1([C@H]2C[C@@]23CC32CC2)CC1. The van der Waals surface area contributed by atoms with Crippen molar-refractivity contribution >= 4 is 15.9 Å². The van der Waals surface area contributed by atoms with Gasteiger partial charge in [0.25, 0.3) is 0 Å². The van der Waals surface area contributed by atoms with E-state index in [-0.39, 0.29) is 0 Å². The van der Waals surface area contributed by atoms with E-state index in [0.29, 0.717) is 4.32 Å². The van der Waals surface area contributed by atoms with Crippen molar-refractivity contribution in [1.82, 2.24) is 0 Å². The van der Waals surface area contributed by atoms with Gasteiger partial charge in [-0.15, -0.1) is 0 Å². The number of rotatable bonds is 1. The van der Waals surface area contributed by atoms with Gasteiger partial charge in [-0.25, -0.2) is 0 Å². The minimum absolute atomic E-state index is 0.666. The summed E-state index contributed by atoms with van der Waals surface area (Å²) < 4.78 is 0.666. The summed E-state index contributed by atoms with van der Waals surface area (Å²) in [6.45, 7) is 0. The van der Waals surface area contributed by atoms with Crippen molar-refractivity contribution in [3.05, 3.63) is 0 Å². The molecule has 2 atom stereocenters. The molecule has 0 nitrogen and oxygen atoms in total. The van der Waals surface area contributed by atoms with Gasteiger partial charge < -0.3 is 0 Å². The Morgan fingerprint density at radius 3 is 2.27 bits per heavy atom. The summed E-state index contributed by atoms with van der Waals surface area (Å²) in [6, 6.07) is 0. The van der Waals surface area contributed by atoms with Crippen molar-refractivity contribution in [1.29, 1.82) is 0 Å². The Morgan fingerprint density at radius 2 is 1.82 bits per heavy atom. The van der Waals surface area contributed by atoms with Gasteiger partial charge in [-0.2, -0.15) is 0 Å². The Bertz CT molecular complexity index is 250. The molecule has 2 spiro atoms. The van der Waals surface area contributed by atoms with E-state index in [1.54, 1.807) is 25.7 Å². The lowest BCUT2D eigenvalue weighted by Gasteiger charge is -2.02. The zero-order valence-electron chi connectivity index (χ0n) is 6.70. The molecule has 0 bridgehead atoms. The van der Waals surface area contributed by atoms with Crippen molar-refractivity contribution in [2.45, 2.75) is 42.8 Å². The summed E-state index contributed by atoms with van der Waals surface area (Å²) in [5.74, 6) is 1.11. The molecule has 4 fully saturated rings. The van der Waals surface area contributed by atoms with E-state index >= 15 is 0 Å². The van der Waals surface area contributed by atoms with Crippen LogP contribution < -0.4 is 0 Å². The lowest BCUT2D eigenvalue weighted by Crippen LogP contribution is -2.02. The van der Waals surface area contributed by atoms with Crippen LogP contribution in [0.2, 0.25) is 0 Å². The first kappa shape index (κ1) is 6.01. The molecule has 0 amide bonds. The summed E-state index contributed by atoms with van der Waals surface area (Å²) >= 11 is 3.91. The highest BCUT2D eigenvalue weighted by molar-refractivity contribution is 9.10. The summed E-state index contributed by atoms with van der Waals surface area (Å²) in [5.41, 5.74) is 1.87. The maximum atomic E-state index is 3.91. The number of halogens is 1. The van der Waals surface area contributed by atoms with E-state index in [1.807, 2.05) is 0 Å². The molecular weight excluding hydrogens is 200 g/mol. The third-order valence-electron chi connectivity index (χ3n) is 4.87. The van der Waals surface area contributed by atoms with Crippen LogP contribution in [0.25, 0.3) is 0 Å². The molecule has 0 aromatic rings. The minimum Gasteiger partial charge on any atom is -0.0850 e.